The quantitative estimate of drug-likeness (QED) is 0.901. The Hall–Kier alpha value is -0.910. The monoisotopic (exact) mass is 308 g/mol. The Morgan fingerprint density at radius 1 is 1.14 bits per heavy atom. The van der Waals surface area contributed by atoms with Gasteiger partial charge in [0.05, 0.1) is 4.90 Å². The van der Waals surface area contributed by atoms with E-state index >= 15 is 0 Å². The van der Waals surface area contributed by atoms with E-state index in [0.29, 0.717) is 10.9 Å². The molecule has 0 aromatic heterocycles. The number of nitrogens with zero attached hydrogens (tertiary/aromatic N) is 1. The molecular formula is C16H24N2O2S. The van der Waals surface area contributed by atoms with Gasteiger partial charge < -0.3 is 5.32 Å². The molecule has 3 rings (SSSR count). The van der Waals surface area contributed by atoms with Crippen LogP contribution in [0.5, 0.6) is 0 Å². The minimum Gasteiger partial charge on any atom is -0.310 e. The summed E-state index contributed by atoms with van der Waals surface area (Å²) in [6.07, 6.45) is 6.44. The highest BCUT2D eigenvalue weighted by atomic mass is 32.2. The largest absolute Gasteiger partial charge is 0.310 e. The molecule has 1 heterocycles. The van der Waals surface area contributed by atoms with Crippen molar-refractivity contribution < 1.29 is 8.42 Å². The first-order valence-corrected chi connectivity index (χ1v) is 9.67. The van der Waals surface area contributed by atoms with Crippen molar-refractivity contribution in [3.05, 3.63) is 29.8 Å². The zero-order valence-electron chi connectivity index (χ0n) is 12.6. The lowest BCUT2D eigenvalue weighted by atomic mass is 10.0. The minimum absolute atomic E-state index is 0.401. The van der Waals surface area contributed by atoms with E-state index in [1.807, 2.05) is 12.1 Å². The maximum atomic E-state index is 11.5. The molecule has 1 aliphatic heterocycles. The van der Waals surface area contributed by atoms with Crippen molar-refractivity contribution in [2.45, 2.75) is 49.2 Å². The van der Waals surface area contributed by atoms with Gasteiger partial charge in [0.1, 0.15) is 0 Å². The van der Waals surface area contributed by atoms with Crippen molar-refractivity contribution in [2.24, 2.45) is 0 Å². The minimum atomic E-state index is -3.09. The van der Waals surface area contributed by atoms with Crippen LogP contribution in [0.1, 0.15) is 31.2 Å². The van der Waals surface area contributed by atoms with Gasteiger partial charge in [0, 0.05) is 31.4 Å². The van der Waals surface area contributed by atoms with Gasteiger partial charge in [-0.1, -0.05) is 12.1 Å². The fraction of sp³-hybridized carbons (Fsp3) is 0.625. The second-order valence-electron chi connectivity index (χ2n) is 6.43. The van der Waals surface area contributed by atoms with Gasteiger partial charge in [-0.05, 0) is 49.9 Å². The van der Waals surface area contributed by atoms with Crippen LogP contribution in [0.4, 0.5) is 0 Å². The first kappa shape index (κ1) is 15.0. The van der Waals surface area contributed by atoms with Crippen molar-refractivity contribution >= 4 is 9.84 Å². The molecule has 0 bridgehead atoms. The molecule has 2 fully saturated rings. The van der Waals surface area contributed by atoms with E-state index in [1.54, 1.807) is 12.1 Å². The van der Waals surface area contributed by atoms with Crippen molar-refractivity contribution in [3.63, 3.8) is 0 Å². The Morgan fingerprint density at radius 3 is 2.48 bits per heavy atom. The highest BCUT2D eigenvalue weighted by Gasteiger charge is 2.27. The SMILES string of the molecule is CS(=O)(=O)c1ccc(CN2CCCC(NC3CC3)C2)cc1. The zero-order chi connectivity index (χ0) is 14.9. The highest BCUT2D eigenvalue weighted by Crippen LogP contribution is 2.22. The van der Waals surface area contributed by atoms with Crippen LogP contribution in [0.25, 0.3) is 0 Å². The van der Waals surface area contributed by atoms with Gasteiger partial charge in [-0.15, -0.1) is 0 Å². The van der Waals surface area contributed by atoms with Crippen LogP contribution in [0.2, 0.25) is 0 Å². The number of benzene rings is 1. The second-order valence-corrected chi connectivity index (χ2v) is 8.45. The first-order chi connectivity index (χ1) is 10.0. The normalized spacial score (nSPS) is 24.1. The highest BCUT2D eigenvalue weighted by molar-refractivity contribution is 7.90. The summed E-state index contributed by atoms with van der Waals surface area (Å²) < 4.78 is 22.9. The number of nitrogens with one attached hydrogen (secondary N) is 1. The summed E-state index contributed by atoms with van der Waals surface area (Å²) in [5.41, 5.74) is 1.19. The summed E-state index contributed by atoms with van der Waals surface area (Å²) in [4.78, 5) is 2.87. The van der Waals surface area contributed by atoms with Gasteiger partial charge >= 0.3 is 0 Å². The lowest BCUT2D eigenvalue weighted by Crippen LogP contribution is -2.46. The third-order valence-electron chi connectivity index (χ3n) is 4.31. The molecule has 2 aliphatic rings. The van der Waals surface area contributed by atoms with E-state index < -0.39 is 9.84 Å². The molecule has 1 N–H and O–H groups in total. The van der Waals surface area contributed by atoms with Gasteiger partial charge in [0.15, 0.2) is 9.84 Å². The van der Waals surface area contributed by atoms with Crippen LogP contribution in [0.15, 0.2) is 29.2 Å². The predicted molar refractivity (Wildman–Crippen MR) is 84.0 cm³/mol. The molecule has 0 amide bonds. The number of sulfone groups is 1. The Bertz CT molecular complexity index is 579. The first-order valence-electron chi connectivity index (χ1n) is 7.78. The van der Waals surface area contributed by atoms with E-state index in [4.69, 9.17) is 0 Å². The number of rotatable bonds is 5. The Balaban J connectivity index is 1.57. The lowest BCUT2D eigenvalue weighted by Gasteiger charge is -2.33. The summed E-state index contributed by atoms with van der Waals surface area (Å²) in [6, 6.07) is 8.71. The van der Waals surface area contributed by atoms with Crippen LogP contribution < -0.4 is 5.32 Å². The van der Waals surface area contributed by atoms with Crippen molar-refractivity contribution in [3.8, 4) is 0 Å². The molecule has 1 saturated carbocycles. The average molecular weight is 308 g/mol. The third kappa shape index (κ3) is 4.28. The van der Waals surface area contributed by atoms with Crippen LogP contribution in [0, 0.1) is 0 Å². The van der Waals surface area contributed by atoms with Crippen molar-refractivity contribution in [1.29, 1.82) is 0 Å². The van der Waals surface area contributed by atoms with Crippen LogP contribution in [-0.4, -0.2) is 44.7 Å². The smallest absolute Gasteiger partial charge is 0.175 e. The standard InChI is InChI=1S/C16H24N2O2S/c1-21(19,20)16-8-4-13(5-9-16)11-18-10-2-3-15(12-18)17-14-6-7-14/h4-5,8-9,14-15,17H,2-3,6-7,10-12H2,1H3. The van der Waals surface area contributed by atoms with Crippen LogP contribution in [0.3, 0.4) is 0 Å². The van der Waals surface area contributed by atoms with Gasteiger partial charge in [0.2, 0.25) is 0 Å². The van der Waals surface area contributed by atoms with Gasteiger partial charge in [0.25, 0.3) is 0 Å². The Kier molecular flexibility index (Phi) is 4.33. The zero-order valence-corrected chi connectivity index (χ0v) is 13.4. The number of hydrogen-bond acceptors (Lipinski definition) is 4. The number of likely N-dealkylation sites (tertiary alicyclic amines) is 1. The molecule has 1 aromatic rings. The van der Waals surface area contributed by atoms with E-state index in [0.717, 1.165) is 25.7 Å². The Labute approximate surface area is 127 Å². The number of hydrogen-bond donors (Lipinski definition) is 1. The lowest BCUT2D eigenvalue weighted by molar-refractivity contribution is 0.182. The van der Waals surface area contributed by atoms with Crippen molar-refractivity contribution in [1.82, 2.24) is 10.2 Å². The van der Waals surface area contributed by atoms with E-state index in [1.165, 1.54) is 37.5 Å². The summed E-state index contributed by atoms with van der Waals surface area (Å²) in [5, 5.41) is 3.72. The predicted octanol–water partition coefficient (Wildman–Crippen LogP) is 1.81. The molecule has 1 aromatic carbocycles. The Morgan fingerprint density at radius 2 is 1.86 bits per heavy atom. The third-order valence-corrected chi connectivity index (χ3v) is 5.44. The summed E-state index contributed by atoms with van der Waals surface area (Å²) in [6.45, 7) is 3.15. The summed E-state index contributed by atoms with van der Waals surface area (Å²) in [7, 11) is -3.09. The second kappa shape index (κ2) is 6.07. The van der Waals surface area contributed by atoms with Gasteiger partial charge in [-0.25, -0.2) is 8.42 Å². The molecule has 5 heteroatoms. The molecule has 4 nitrogen and oxygen atoms in total. The average Bonchev–Trinajstić information content (AvgIpc) is 3.23. The molecular weight excluding hydrogens is 284 g/mol. The molecule has 1 atom stereocenters. The van der Waals surface area contributed by atoms with Gasteiger partial charge in [-0.2, -0.15) is 0 Å². The van der Waals surface area contributed by atoms with E-state index in [9.17, 15) is 8.42 Å². The van der Waals surface area contributed by atoms with Crippen LogP contribution in [-0.2, 0) is 16.4 Å². The van der Waals surface area contributed by atoms with Crippen molar-refractivity contribution in [2.75, 3.05) is 19.3 Å². The van der Waals surface area contributed by atoms with E-state index in [2.05, 4.69) is 10.2 Å². The molecule has 116 valence electrons. The fourth-order valence-electron chi connectivity index (χ4n) is 3.02. The van der Waals surface area contributed by atoms with Crippen LogP contribution >= 0.6 is 0 Å². The molecule has 0 radical (unpaired) electrons. The van der Waals surface area contributed by atoms with Gasteiger partial charge in [-0.3, -0.25) is 4.90 Å². The molecule has 1 unspecified atom stereocenters. The molecule has 0 spiro atoms. The summed E-state index contributed by atoms with van der Waals surface area (Å²) in [5.74, 6) is 0. The maximum Gasteiger partial charge on any atom is 0.175 e. The maximum absolute atomic E-state index is 11.5. The number of piperidine rings is 1. The fourth-order valence-corrected chi connectivity index (χ4v) is 3.65. The molecule has 1 saturated heterocycles. The topological polar surface area (TPSA) is 49.4 Å². The molecule has 21 heavy (non-hydrogen) atoms. The molecule has 1 aliphatic carbocycles. The summed E-state index contributed by atoms with van der Waals surface area (Å²) >= 11 is 0. The van der Waals surface area contributed by atoms with E-state index in [-0.39, 0.29) is 0 Å².